The molecule has 172 valence electrons. The van der Waals surface area contributed by atoms with Crippen LogP contribution in [0.2, 0.25) is 0 Å². The minimum absolute atomic E-state index is 0.0870. The average Bonchev–Trinajstić information content (AvgIpc) is 3.33. The number of nitrogens with zero attached hydrogens (tertiary/aromatic N) is 1. The predicted molar refractivity (Wildman–Crippen MR) is 127 cm³/mol. The Morgan fingerprint density at radius 3 is 2.42 bits per heavy atom. The van der Waals surface area contributed by atoms with E-state index in [0.717, 1.165) is 54.7 Å². The van der Waals surface area contributed by atoms with Gasteiger partial charge in [0, 0.05) is 26.2 Å². The van der Waals surface area contributed by atoms with Crippen molar-refractivity contribution in [2.75, 3.05) is 39.6 Å². The smallest absolute Gasteiger partial charge is 0.231 e. The second-order valence-corrected chi connectivity index (χ2v) is 8.21. The Morgan fingerprint density at radius 1 is 0.848 bits per heavy atom. The molecule has 3 aromatic rings. The number of ether oxygens (including phenoxy) is 4. The van der Waals surface area contributed by atoms with Crippen LogP contribution in [0.15, 0.2) is 66.7 Å². The molecule has 0 saturated carbocycles. The van der Waals surface area contributed by atoms with E-state index in [0.29, 0.717) is 13.2 Å². The molecular formula is C27H30N2O4. The SMILES string of the molecule is CCOc1cc(C(c2ccc3c(c2)OCO3)N2CCNCC2)ccc1OCc1ccccc1. The van der Waals surface area contributed by atoms with Crippen molar-refractivity contribution in [3.63, 3.8) is 0 Å². The molecule has 1 N–H and O–H groups in total. The van der Waals surface area contributed by atoms with E-state index in [1.807, 2.05) is 37.3 Å². The van der Waals surface area contributed by atoms with Crippen LogP contribution < -0.4 is 24.3 Å². The van der Waals surface area contributed by atoms with Crippen LogP contribution in [0.4, 0.5) is 0 Å². The Bertz CT molecular complexity index is 1070. The second-order valence-electron chi connectivity index (χ2n) is 8.21. The van der Waals surface area contributed by atoms with Gasteiger partial charge in [-0.05, 0) is 47.9 Å². The van der Waals surface area contributed by atoms with E-state index in [2.05, 4.69) is 46.6 Å². The molecule has 0 amide bonds. The van der Waals surface area contributed by atoms with E-state index < -0.39 is 0 Å². The van der Waals surface area contributed by atoms with Gasteiger partial charge in [-0.3, -0.25) is 4.90 Å². The summed E-state index contributed by atoms with van der Waals surface area (Å²) in [7, 11) is 0. The van der Waals surface area contributed by atoms with Gasteiger partial charge in [-0.2, -0.15) is 0 Å². The minimum atomic E-state index is 0.0870. The third-order valence-corrected chi connectivity index (χ3v) is 6.05. The van der Waals surface area contributed by atoms with E-state index in [1.54, 1.807) is 0 Å². The minimum Gasteiger partial charge on any atom is -0.490 e. The Hall–Kier alpha value is -3.22. The van der Waals surface area contributed by atoms with Crippen LogP contribution >= 0.6 is 0 Å². The van der Waals surface area contributed by atoms with E-state index in [4.69, 9.17) is 18.9 Å². The first-order chi connectivity index (χ1) is 16.3. The fourth-order valence-electron chi connectivity index (χ4n) is 4.46. The van der Waals surface area contributed by atoms with Gasteiger partial charge in [0.2, 0.25) is 6.79 Å². The fraction of sp³-hybridized carbons (Fsp3) is 0.333. The van der Waals surface area contributed by atoms with Gasteiger partial charge in [0.1, 0.15) is 6.61 Å². The topological polar surface area (TPSA) is 52.2 Å². The highest BCUT2D eigenvalue weighted by molar-refractivity contribution is 5.50. The number of hydrogen-bond donors (Lipinski definition) is 1. The van der Waals surface area contributed by atoms with Crippen molar-refractivity contribution in [2.45, 2.75) is 19.6 Å². The summed E-state index contributed by atoms with van der Waals surface area (Å²) in [6.07, 6.45) is 0. The van der Waals surface area contributed by atoms with Crippen LogP contribution in [0.25, 0.3) is 0 Å². The van der Waals surface area contributed by atoms with Crippen molar-refractivity contribution >= 4 is 0 Å². The molecule has 0 spiro atoms. The molecule has 6 heteroatoms. The Morgan fingerprint density at radius 2 is 1.61 bits per heavy atom. The van der Waals surface area contributed by atoms with Gasteiger partial charge >= 0.3 is 0 Å². The molecule has 5 rings (SSSR count). The summed E-state index contributed by atoms with van der Waals surface area (Å²) in [6.45, 7) is 7.23. The largest absolute Gasteiger partial charge is 0.490 e. The number of nitrogens with one attached hydrogen (secondary N) is 1. The van der Waals surface area contributed by atoms with E-state index in [9.17, 15) is 0 Å². The second kappa shape index (κ2) is 10.1. The van der Waals surface area contributed by atoms with Crippen molar-refractivity contribution in [2.24, 2.45) is 0 Å². The van der Waals surface area contributed by atoms with Crippen molar-refractivity contribution in [1.29, 1.82) is 0 Å². The van der Waals surface area contributed by atoms with Gasteiger partial charge < -0.3 is 24.3 Å². The zero-order valence-electron chi connectivity index (χ0n) is 19.0. The first-order valence-corrected chi connectivity index (χ1v) is 11.6. The third kappa shape index (κ3) is 4.92. The lowest BCUT2D eigenvalue weighted by molar-refractivity contribution is 0.173. The summed E-state index contributed by atoms with van der Waals surface area (Å²) < 4.78 is 23.4. The molecule has 2 aliphatic rings. The van der Waals surface area contributed by atoms with Crippen molar-refractivity contribution in [1.82, 2.24) is 10.2 Å². The number of piperazine rings is 1. The number of rotatable bonds is 8. The van der Waals surface area contributed by atoms with Gasteiger partial charge in [-0.25, -0.2) is 0 Å². The highest BCUT2D eigenvalue weighted by Crippen LogP contribution is 2.40. The summed E-state index contributed by atoms with van der Waals surface area (Å²) >= 11 is 0. The molecule has 2 heterocycles. The van der Waals surface area contributed by atoms with Crippen LogP contribution in [0, 0.1) is 0 Å². The molecule has 3 aromatic carbocycles. The van der Waals surface area contributed by atoms with Gasteiger partial charge in [0.25, 0.3) is 0 Å². The lowest BCUT2D eigenvalue weighted by Crippen LogP contribution is -2.45. The van der Waals surface area contributed by atoms with Gasteiger partial charge in [0.05, 0.1) is 12.6 Å². The van der Waals surface area contributed by atoms with Crippen molar-refractivity contribution in [3.8, 4) is 23.0 Å². The number of fused-ring (bicyclic) bond motifs is 1. The van der Waals surface area contributed by atoms with Crippen molar-refractivity contribution < 1.29 is 18.9 Å². The highest BCUT2D eigenvalue weighted by Gasteiger charge is 2.27. The van der Waals surface area contributed by atoms with Crippen LogP contribution in [0.1, 0.15) is 29.7 Å². The molecule has 2 aliphatic heterocycles. The summed E-state index contributed by atoms with van der Waals surface area (Å²) in [4.78, 5) is 2.50. The standard InChI is InChI=1S/C27H30N2O4/c1-2-30-25-16-21(8-10-23(25)31-18-20-6-4-3-5-7-20)27(29-14-12-28-13-15-29)22-9-11-24-26(17-22)33-19-32-24/h3-11,16-17,27-28H,2,12-15,18-19H2,1H3. The third-order valence-electron chi connectivity index (χ3n) is 6.05. The van der Waals surface area contributed by atoms with Crippen LogP contribution in [0.5, 0.6) is 23.0 Å². The maximum atomic E-state index is 6.14. The quantitative estimate of drug-likeness (QED) is 0.554. The summed E-state index contributed by atoms with van der Waals surface area (Å²) in [5.41, 5.74) is 3.48. The first-order valence-electron chi connectivity index (χ1n) is 11.6. The normalized spacial score (nSPS) is 16.4. The zero-order valence-corrected chi connectivity index (χ0v) is 19.0. The van der Waals surface area contributed by atoms with Gasteiger partial charge in [0.15, 0.2) is 23.0 Å². The maximum Gasteiger partial charge on any atom is 0.231 e. The Balaban J connectivity index is 1.46. The van der Waals surface area contributed by atoms with Crippen LogP contribution in [-0.2, 0) is 6.61 Å². The molecule has 1 saturated heterocycles. The maximum absolute atomic E-state index is 6.14. The molecule has 33 heavy (non-hydrogen) atoms. The van der Waals surface area contributed by atoms with Gasteiger partial charge in [-0.1, -0.05) is 42.5 Å². The molecule has 1 fully saturated rings. The molecule has 1 atom stereocenters. The number of hydrogen-bond acceptors (Lipinski definition) is 6. The molecular weight excluding hydrogens is 416 g/mol. The first kappa shape index (κ1) is 21.6. The zero-order chi connectivity index (χ0) is 22.5. The van der Waals surface area contributed by atoms with E-state index in [1.165, 1.54) is 11.1 Å². The Labute approximate surface area is 195 Å². The molecule has 0 aromatic heterocycles. The Kier molecular flexibility index (Phi) is 6.65. The lowest BCUT2D eigenvalue weighted by Gasteiger charge is -2.36. The monoisotopic (exact) mass is 446 g/mol. The summed E-state index contributed by atoms with van der Waals surface area (Å²) in [5, 5.41) is 3.46. The highest BCUT2D eigenvalue weighted by atomic mass is 16.7. The predicted octanol–water partition coefficient (Wildman–Crippen LogP) is 4.39. The molecule has 1 unspecified atom stereocenters. The van der Waals surface area contributed by atoms with Crippen LogP contribution in [-0.4, -0.2) is 44.5 Å². The lowest BCUT2D eigenvalue weighted by atomic mass is 9.95. The van der Waals surface area contributed by atoms with Gasteiger partial charge in [-0.15, -0.1) is 0 Å². The van der Waals surface area contributed by atoms with E-state index in [-0.39, 0.29) is 12.8 Å². The average molecular weight is 447 g/mol. The van der Waals surface area contributed by atoms with Crippen molar-refractivity contribution in [3.05, 3.63) is 83.4 Å². The number of benzene rings is 3. The molecule has 0 aliphatic carbocycles. The summed E-state index contributed by atoms with van der Waals surface area (Å²) in [5.74, 6) is 3.14. The molecule has 0 bridgehead atoms. The molecule has 6 nitrogen and oxygen atoms in total. The molecule has 0 radical (unpaired) electrons. The van der Waals surface area contributed by atoms with Crippen LogP contribution in [0.3, 0.4) is 0 Å². The van der Waals surface area contributed by atoms with E-state index >= 15 is 0 Å². The fourth-order valence-corrected chi connectivity index (χ4v) is 4.46. The summed E-state index contributed by atoms with van der Waals surface area (Å²) in [6, 6.07) is 22.8.